The fourth-order valence-corrected chi connectivity index (χ4v) is 1.56. The van der Waals surface area contributed by atoms with Crippen LogP contribution in [0.15, 0.2) is 5.16 Å². The highest BCUT2D eigenvalue weighted by Crippen LogP contribution is 2.29. The van der Waals surface area contributed by atoms with Crippen LogP contribution in [0.5, 0.6) is 0 Å². The van der Waals surface area contributed by atoms with Crippen molar-refractivity contribution < 1.29 is 24.5 Å². The van der Waals surface area contributed by atoms with E-state index in [2.05, 4.69) is 5.16 Å². The van der Waals surface area contributed by atoms with Gasteiger partial charge in [-0.3, -0.25) is 0 Å². The topological polar surface area (TPSA) is 80.5 Å². The quantitative estimate of drug-likeness (QED) is 0.394. The fraction of sp³-hybridized carbons (Fsp3) is 0.889. The van der Waals surface area contributed by atoms with Crippen LogP contribution in [0.25, 0.3) is 0 Å². The molecule has 0 aromatic carbocycles. The van der Waals surface area contributed by atoms with Crippen molar-refractivity contribution in [2.45, 2.75) is 37.9 Å². The van der Waals surface area contributed by atoms with Crippen molar-refractivity contribution in [3.8, 4) is 0 Å². The van der Waals surface area contributed by atoms with E-state index in [4.69, 9.17) is 19.4 Å². The number of nitrogens with zero attached hydrogens (tertiary/aromatic N) is 1. The molecule has 1 saturated heterocycles. The van der Waals surface area contributed by atoms with Crippen molar-refractivity contribution in [2.75, 3.05) is 13.7 Å². The van der Waals surface area contributed by atoms with Gasteiger partial charge < -0.3 is 24.5 Å². The maximum absolute atomic E-state index is 9.70. The first-order chi connectivity index (χ1) is 7.00. The van der Waals surface area contributed by atoms with Gasteiger partial charge in [0.2, 0.25) is 0 Å². The molecule has 0 spiro atoms. The average Bonchev–Trinajstić information content (AvgIpc) is 2.42. The second-order valence-electron chi connectivity index (χ2n) is 3.85. The standard InChI is InChI=1S/C9H17NO5/c1-9(2)14-7(4-10-12)8(15-9)6(11)5-13-3/h4,6-8,11-12H,5H2,1-3H3/t6-,7+,8-/m1/s1. The molecular weight excluding hydrogens is 202 g/mol. The molecule has 0 aromatic heterocycles. The van der Waals surface area contributed by atoms with Gasteiger partial charge in [-0.1, -0.05) is 5.16 Å². The predicted molar refractivity (Wildman–Crippen MR) is 52.0 cm³/mol. The van der Waals surface area contributed by atoms with E-state index >= 15 is 0 Å². The molecule has 1 heterocycles. The minimum absolute atomic E-state index is 0.139. The molecule has 1 fully saturated rings. The number of oxime groups is 1. The van der Waals surface area contributed by atoms with E-state index in [9.17, 15) is 5.11 Å². The largest absolute Gasteiger partial charge is 0.411 e. The maximum atomic E-state index is 9.70. The van der Waals surface area contributed by atoms with Crippen LogP contribution in [0, 0.1) is 0 Å². The third-order valence-electron chi connectivity index (χ3n) is 2.09. The van der Waals surface area contributed by atoms with Crippen molar-refractivity contribution >= 4 is 6.21 Å². The summed E-state index contributed by atoms with van der Waals surface area (Å²) in [7, 11) is 1.49. The first-order valence-electron chi connectivity index (χ1n) is 4.70. The molecule has 0 aliphatic carbocycles. The van der Waals surface area contributed by atoms with Gasteiger partial charge in [-0.15, -0.1) is 0 Å². The van der Waals surface area contributed by atoms with E-state index in [1.165, 1.54) is 13.3 Å². The van der Waals surface area contributed by atoms with Gasteiger partial charge in [0, 0.05) is 7.11 Å². The molecule has 0 radical (unpaired) electrons. The zero-order chi connectivity index (χ0) is 11.5. The number of rotatable bonds is 4. The van der Waals surface area contributed by atoms with Gasteiger partial charge in [-0.25, -0.2) is 0 Å². The molecule has 0 unspecified atom stereocenters. The summed E-state index contributed by atoms with van der Waals surface area (Å²) in [5.74, 6) is -0.800. The van der Waals surface area contributed by atoms with E-state index in [1.54, 1.807) is 13.8 Å². The lowest BCUT2D eigenvalue weighted by Gasteiger charge is -2.20. The summed E-state index contributed by atoms with van der Waals surface area (Å²) < 4.78 is 15.7. The molecule has 0 amide bonds. The van der Waals surface area contributed by atoms with Crippen LogP contribution in [0.2, 0.25) is 0 Å². The molecule has 0 bridgehead atoms. The summed E-state index contributed by atoms with van der Waals surface area (Å²) in [6.45, 7) is 3.59. The Balaban J connectivity index is 2.68. The molecular formula is C9H17NO5. The van der Waals surface area contributed by atoms with Crippen molar-refractivity contribution in [2.24, 2.45) is 5.16 Å². The summed E-state index contributed by atoms with van der Waals surface area (Å²) >= 11 is 0. The lowest BCUT2D eigenvalue weighted by molar-refractivity contribution is -0.156. The second-order valence-corrected chi connectivity index (χ2v) is 3.85. The van der Waals surface area contributed by atoms with E-state index in [1.807, 2.05) is 0 Å². The molecule has 6 nitrogen and oxygen atoms in total. The maximum Gasteiger partial charge on any atom is 0.164 e. The van der Waals surface area contributed by atoms with E-state index < -0.39 is 24.1 Å². The smallest absolute Gasteiger partial charge is 0.164 e. The zero-order valence-electron chi connectivity index (χ0n) is 9.08. The Kier molecular flexibility index (Phi) is 4.04. The van der Waals surface area contributed by atoms with Gasteiger partial charge in [0.1, 0.15) is 18.3 Å². The SMILES string of the molecule is COC[C@@H](O)[C@H]1OC(C)(C)O[C@H]1C=NO. The van der Waals surface area contributed by atoms with E-state index in [0.29, 0.717) is 0 Å². The number of ether oxygens (including phenoxy) is 3. The molecule has 0 aromatic rings. The van der Waals surface area contributed by atoms with Crippen LogP contribution in [0.3, 0.4) is 0 Å². The lowest BCUT2D eigenvalue weighted by Crippen LogP contribution is -2.39. The molecule has 0 saturated carbocycles. The van der Waals surface area contributed by atoms with Crippen molar-refractivity contribution in [3.63, 3.8) is 0 Å². The summed E-state index contributed by atoms with van der Waals surface area (Å²) in [4.78, 5) is 0. The molecule has 88 valence electrons. The zero-order valence-corrected chi connectivity index (χ0v) is 9.08. The van der Waals surface area contributed by atoms with Gasteiger partial charge in [0.15, 0.2) is 5.79 Å². The summed E-state index contributed by atoms with van der Waals surface area (Å²) in [5, 5.41) is 21.0. The van der Waals surface area contributed by atoms with Crippen molar-refractivity contribution in [1.29, 1.82) is 0 Å². The van der Waals surface area contributed by atoms with Crippen LogP contribution in [0.1, 0.15) is 13.8 Å². The van der Waals surface area contributed by atoms with Crippen molar-refractivity contribution in [3.05, 3.63) is 0 Å². The Hall–Kier alpha value is -0.690. The van der Waals surface area contributed by atoms with Gasteiger partial charge in [-0.2, -0.15) is 0 Å². The van der Waals surface area contributed by atoms with Crippen molar-refractivity contribution in [1.82, 2.24) is 0 Å². The third-order valence-corrected chi connectivity index (χ3v) is 2.09. The van der Waals surface area contributed by atoms with Gasteiger partial charge in [0.25, 0.3) is 0 Å². The number of methoxy groups -OCH3 is 1. The van der Waals surface area contributed by atoms with Crippen LogP contribution >= 0.6 is 0 Å². The van der Waals surface area contributed by atoms with E-state index in [-0.39, 0.29) is 6.61 Å². The van der Waals surface area contributed by atoms with Crippen LogP contribution in [0.4, 0.5) is 0 Å². The second kappa shape index (κ2) is 4.89. The number of hydrogen-bond acceptors (Lipinski definition) is 6. The highest BCUT2D eigenvalue weighted by Gasteiger charge is 2.44. The van der Waals surface area contributed by atoms with E-state index in [0.717, 1.165) is 0 Å². The lowest BCUT2D eigenvalue weighted by atomic mass is 10.1. The Morgan fingerprint density at radius 2 is 2.20 bits per heavy atom. The summed E-state index contributed by atoms with van der Waals surface area (Å²) in [6, 6.07) is 0. The minimum Gasteiger partial charge on any atom is -0.411 e. The third kappa shape index (κ3) is 3.13. The first-order valence-corrected chi connectivity index (χ1v) is 4.70. The minimum atomic E-state index is -0.820. The predicted octanol–water partition coefficient (Wildman–Crippen LogP) is -0.0262. The fourth-order valence-electron chi connectivity index (χ4n) is 1.56. The van der Waals surface area contributed by atoms with Gasteiger partial charge in [0.05, 0.1) is 12.8 Å². The summed E-state index contributed by atoms with van der Waals surface area (Å²) in [6.07, 6.45) is -0.788. The molecule has 2 N–H and O–H groups in total. The highest BCUT2D eigenvalue weighted by atomic mass is 16.8. The van der Waals surface area contributed by atoms with Gasteiger partial charge in [-0.05, 0) is 13.8 Å². The molecule has 1 aliphatic rings. The molecule has 3 atom stereocenters. The summed E-state index contributed by atoms with van der Waals surface area (Å²) in [5.41, 5.74) is 0. The first kappa shape index (κ1) is 12.4. The normalized spacial score (nSPS) is 32.3. The Labute approximate surface area is 88.4 Å². The Morgan fingerprint density at radius 1 is 1.53 bits per heavy atom. The number of aliphatic hydroxyl groups excluding tert-OH is 1. The van der Waals surface area contributed by atoms with Crippen LogP contribution in [-0.4, -0.2) is 54.3 Å². The Morgan fingerprint density at radius 3 is 2.73 bits per heavy atom. The average molecular weight is 219 g/mol. The number of hydrogen-bond donors (Lipinski definition) is 2. The van der Waals surface area contributed by atoms with Crippen LogP contribution < -0.4 is 0 Å². The molecule has 1 aliphatic heterocycles. The van der Waals surface area contributed by atoms with Crippen LogP contribution in [-0.2, 0) is 14.2 Å². The monoisotopic (exact) mass is 219 g/mol. The highest BCUT2D eigenvalue weighted by molar-refractivity contribution is 5.63. The van der Waals surface area contributed by atoms with Gasteiger partial charge >= 0.3 is 0 Å². The molecule has 15 heavy (non-hydrogen) atoms. The molecule has 6 heteroatoms. The molecule has 1 rings (SSSR count). The Bertz CT molecular complexity index is 231. The number of aliphatic hydroxyl groups is 1.